The zero-order valence-electron chi connectivity index (χ0n) is 16.6. The highest BCUT2D eigenvalue weighted by Gasteiger charge is 2.33. The van der Waals surface area contributed by atoms with Gasteiger partial charge in [0.05, 0.1) is 5.57 Å². The third kappa shape index (κ3) is 3.35. The number of nitrogens with one attached hydrogen (secondary N) is 2. The maximum atomic E-state index is 13.8. The van der Waals surface area contributed by atoms with Crippen molar-refractivity contribution >= 4 is 28.8 Å². The first-order valence-corrected chi connectivity index (χ1v) is 10.1. The van der Waals surface area contributed by atoms with Gasteiger partial charge in [0.2, 0.25) is 5.91 Å². The van der Waals surface area contributed by atoms with Crippen molar-refractivity contribution in [2.45, 2.75) is 32.5 Å². The highest BCUT2D eigenvalue weighted by Crippen LogP contribution is 2.42. The number of nitrogens with zero attached hydrogens (tertiary/aromatic N) is 1. The molecule has 0 aliphatic carbocycles. The Morgan fingerprint density at radius 1 is 1.27 bits per heavy atom. The molecular weight excluding hydrogens is 385 g/mol. The van der Waals surface area contributed by atoms with Gasteiger partial charge in [0.1, 0.15) is 18.2 Å². The van der Waals surface area contributed by atoms with Crippen molar-refractivity contribution in [2.75, 3.05) is 18.4 Å². The van der Waals surface area contributed by atoms with Crippen LogP contribution in [0, 0.1) is 5.82 Å². The fourth-order valence-electron chi connectivity index (χ4n) is 4.53. The fourth-order valence-corrected chi connectivity index (χ4v) is 4.53. The Morgan fingerprint density at radius 3 is 2.97 bits per heavy atom. The van der Waals surface area contributed by atoms with E-state index < -0.39 is 0 Å². The van der Waals surface area contributed by atoms with Gasteiger partial charge in [0.15, 0.2) is 0 Å². The maximum absolute atomic E-state index is 13.8. The summed E-state index contributed by atoms with van der Waals surface area (Å²) < 4.78 is 19.7. The Kier molecular flexibility index (Phi) is 4.55. The highest BCUT2D eigenvalue weighted by atomic mass is 19.1. The molecule has 2 amide bonds. The van der Waals surface area contributed by atoms with E-state index in [0.29, 0.717) is 29.2 Å². The molecule has 1 atom stereocenters. The number of fused-ring (bicyclic) bond motifs is 2. The predicted octanol–water partition coefficient (Wildman–Crippen LogP) is 2.89. The van der Waals surface area contributed by atoms with Gasteiger partial charge in [-0.1, -0.05) is 18.2 Å². The minimum absolute atomic E-state index is 0.00880. The summed E-state index contributed by atoms with van der Waals surface area (Å²) in [5.41, 5.74) is 4.57. The van der Waals surface area contributed by atoms with E-state index in [0.717, 1.165) is 42.7 Å². The first-order chi connectivity index (χ1) is 14.5. The van der Waals surface area contributed by atoms with Crippen LogP contribution in [0.1, 0.15) is 35.6 Å². The second-order valence-electron chi connectivity index (χ2n) is 8.05. The van der Waals surface area contributed by atoms with E-state index in [9.17, 15) is 14.0 Å². The second kappa shape index (κ2) is 7.25. The molecule has 0 aromatic heterocycles. The van der Waals surface area contributed by atoms with Gasteiger partial charge >= 0.3 is 0 Å². The first kappa shape index (κ1) is 18.8. The number of hydrogen-bond donors (Lipinski definition) is 2. The van der Waals surface area contributed by atoms with Gasteiger partial charge in [0.25, 0.3) is 5.91 Å². The number of carbonyl (C=O) groups excluding carboxylic acids is 2. The molecule has 2 N–H and O–H groups in total. The molecule has 6 nitrogen and oxygen atoms in total. The predicted molar refractivity (Wildman–Crippen MR) is 111 cm³/mol. The molecule has 0 spiro atoms. The molecular formula is C23H22FN3O3. The van der Waals surface area contributed by atoms with Crippen LogP contribution in [0.25, 0.3) is 11.3 Å². The van der Waals surface area contributed by atoms with Gasteiger partial charge in [-0.3, -0.25) is 14.5 Å². The molecule has 2 aromatic rings. The van der Waals surface area contributed by atoms with Crippen LogP contribution in [0.15, 0.2) is 36.4 Å². The molecule has 3 heterocycles. The lowest BCUT2D eigenvalue weighted by atomic mass is 9.99. The lowest BCUT2D eigenvalue weighted by Gasteiger charge is -2.16. The van der Waals surface area contributed by atoms with Crippen molar-refractivity contribution in [3.63, 3.8) is 0 Å². The second-order valence-corrected chi connectivity index (χ2v) is 8.05. The number of anilines is 1. The van der Waals surface area contributed by atoms with Crippen LogP contribution < -0.4 is 10.6 Å². The molecule has 5 rings (SSSR count). The van der Waals surface area contributed by atoms with Crippen molar-refractivity contribution in [3.8, 4) is 0 Å². The number of amides is 2. The average molecular weight is 407 g/mol. The molecule has 1 fully saturated rings. The van der Waals surface area contributed by atoms with Gasteiger partial charge in [-0.2, -0.15) is 0 Å². The Labute approximate surface area is 173 Å². The third-order valence-electron chi connectivity index (χ3n) is 5.83. The van der Waals surface area contributed by atoms with E-state index in [-0.39, 0.29) is 23.7 Å². The summed E-state index contributed by atoms with van der Waals surface area (Å²) in [7, 11) is 0. The molecule has 1 unspecified atom stereocenters. The molecule has 2 aromatic carbocycles. The number of likely N-dealkylation sites (tertiary alicyclic amines) is 1. The number of carbonyl (C=O) groups is 2. The molecule has 154 valence electrons. The molecule has 0 saturated carbocycles. The Morgan fingerprint density at radius 2 is 2.13 bits per heavy atom. The van der Waals surface area contributed by atoms with Crippen molar-refractivity contribution in [3.05, 3.63) is 64.5 Å². The maximum Gasteiger partial charge on any atom is 0.260 e. The number of rotatable bonds is 3. The topological polar surface area (TPSA) is 70.7 Å². The molecule has 30 heavy (non-hydrogen) atoms. The first-order valence-electron chi connectivity index (χ1n) is 10.1. The van der Waals surface area contributed by atoms with E-state index in [1.807, 2.05) is 12.1 Å². The number of hydrogen-bond acceptors (Lipinski definition) is 4. The molecule has 3 aliphatic heterocycles. The summed E-state index contributed by atoms with van der Waals surface area (Å²) >= 11 is 0. The van der Waals surface area contributed by atoms with Gasteiger partial charge in [-0.15, -0.1) is 0 Å². The summed E-state index contributed by atoms with van der Waals surface area (Å²) in [5.74, 6) is -0.150. The normalized spacial score (nSPS) is 22.5. The average Bonchev–Trinajstić information content (AvgIpc) is 3.38. The van der Waals surface area contributed by atoms with Crippen LogP contribution in [0.5, 0.6) is 0 Å². The lowest BCUT2D eigenvalue weighted by Crippen LogP contribution is -2.35. The third-order valence-corrected chi connectivity index (χ3v) is 5.83. The summed E-state index contributed by atoms with van der Waals surface area (Å²) in [6, 6.07) is 10.6. The molecule has 1 saturated heterocycles. The summed E-state index contributed by atoms with van der Waals surface area (Å²) in [6.07, 6.45) is 0.953. The van der Waals surface area contributed by atoms with Gasteiger partial charge in [0, 0.05) is 55.0 Å². The number of benzene rings is 2. The van der Waals surface area contributed by atoms with E-state index in [2.05, 4.69) is 21.6 Å². The Bertz CT molecular complexity index is 1100. The molecule has 3 aliphatic rings. The van der Waals surface area contributed by atoms with Crippen LogP contribution in [0.3, 0.4) is 0 Å². The van der Waals surface area contributed by atoms with Crippen molar-refractivity contribution in [1.29, 1.82) is 0 Å². The molecule has 0 bridgehead atoms. The quantitative estimate of drug-likeness (QED) is 0.768. The van der Waals surface area contributed by atoms with Gasteiger partial charge in [-0.05, 0) is 30.2 Å². The van der Waals surface area contributed by atoms with E-state index in [1.54, 1.807) is 13.0 Å². The zero-order valence-corrected chi connectivity index (χ0v) is 16.6. The van der Waals surface area contributed by atoms with Crippen molar-refractivity contribution in [2.24, 2.45) is 0 Å². The molecule has 0 radical (unpaired) electrons. The Hall–Kier alpha value is -3.19. The van der Waals surface area contributed by atoms with E-state index in [1.165, 1.54) is 12.1 Å². The van der Waals surface area contributed by atoms with Crippen LogP contribution in [-0.4, -0.2) is 35.8 Å². The minimum Gasteiger partial charge on any atom is -0.487 e. The summed E-state index contributed by atoms with van der Waals surface area (Å²) in [6.45, 7) is 4.51. The van der Waals surface area contributed by atoms with Crippen LogP contribution >= 0.6 is 0 Å². The number of halogens is 1. The van der Waals surface area contributed by atoms with Gasteiger partial charge < -0.3 is 15.4 Å². The monoisotopic (exact) mass is 407 g/mol. The fraction of sp³-hybridized carbons (Fsp3) is 0.304. The van der Waals surface area contributed by atoms with Crippen LogP contribution in [-0.2, 0) is 27.5 Å². The van der Waals surface area contributed by atoms with Crippen molar-refractivity contribution in [1.82, 2.24) is 10.2 Å². The smallest absolute Gasteiger partial charge is 0.260 e. The van der Waals surface area contributed by atoms with E-state index >= 15 is 0 Å². The zero-order chi connectivity index (χ0) is 20.8. The van der Waals surface area contributed by atoms with Gasteiger partial charge in [-0.25, -0.2) is 4.39 Å². The molecule has 7 heteroatoms. The number of ether oxygens (including phenoxy) is 1. The SMILES string of the molecule is CC(=O)NC1CCN(Cc2ccc3c(c2)CO/C3=C2/C(=O)Nc3ccc(F)cc32)C1. The van der Waals surface area contributed by atoms with Crippen molar-refractivity contribution < 1.29 is 18.7 Å². The van der Waals surface area contributed by atoms with Crippen LogP contribution in [0.4, 0.5) is 10.1 Å². The van der Waals surface area contributed by atoms with E-state index in [4.69, 9.17) is 4.74 Å². The minimum atomic E-state index is -0.389. The summed E-state index contributed by atoms with van der Waals surface area (Å²) in [5, 5.41) is 5.76. The largest absolute Gasteiger partial charge is 0.487 e. The Balaban J connectivity index is 1.39. The lowest BCUT2D eigenvalue weighted by molar-refractivity contribution is -0.119. The summed E-state index contributed by atoms with van der Waals surface area (Å²) in [4.78, 5) is 26.1. The standard InChI is InChI=1S/C23H22FN3O3/c1-13(28)25-17-6-7-27(11-17)10-14-2-4-18-15(8-14)12-30-22(18)21-19-9-16(24)3-5-20(19)26-23(21)29/h2-5,8-9,17H,6-7,10-12H2,1H3,(H,25,28)(H,26,29)/b22-21+. The van der Waals surface area contributed by atoms with Crippen LogP contribution in [0.2, 0.25) is 0 Å². The highest BCUT2D eigenvalue weighted by molar-refractivity contribution is 6.36.